The molecule has 0 saturated carbocycles. The first-order chi connectivity index (χ1) is 15.5. The van der Waals surface area contributed by atoms with Gasteiger partial charge in [-0.1, -0.05) is 23.7 Å². The van der Waals surface area contributed by atoms with Crippen LogP contribution in [0.5, 0.6) is 0 Å². The third kappa shape index (κ3) is 4.70. The monoisotopic (exact) mass is 454 g/mol. The normalized spacial score (nSPS) is 14.5. The van der Waals surface area contributed by atoms with Gasteiger partial charge >= 0.3 is 0 Å². The summed E-state index contributed by atoms with van der Waals surface area (Å²) in [5.41, 5.74) is 2.87. The molecular weight excluding hydrogens is 428 g/mol. The molecule has 0 aliphatic carbocycles. The van der Waals surface area contributed by atoms with Crippen LogP contribution in [0, 0.1) is 0 Å². The highest BCUT2D eigenvalue weighted by atomic mass is 35.5. The van der Waals surface area contributed by atoms with E-state index in [0.29, 0.717) is 36.8 Å². The van der Waals surface area contributed by atoms with Gasteiger partial charge in [-0.05, 0) is 37.5 Å². The average molecular weight is 455 g/mol. The van der Waals surface area contributed by atoms with Crippen molar-refractivity contribution < 1.29 is 9.59 Å². The van der Waals surface area contributed by atoms with Gasteiger partial charge in [0, 0.05) is 50.4 Å². The predicted molar refractivity (Wildman–Crippen MR) is 125 cm³/mol. The minimum Gasteiger partial charge on any atom is -0.381 e. The molecule has 1 saturated heterocycles. The molecule has 1 aliphatic heterocycles. The topological polar surface area (TPSA) is 92.2 Å². The van der Waals surface area contributed by atoms with Crippen molar-refractivity contribution >= 4 is 40.1 Å². The van der Waals surface area contributed by atoms with Gasteiger partial charge < -0.3 is 15.5 Å². The van der Waals surface area contributed by atoms with Crippen LogP contribution in [0.1, 0.15) is 42.6 Å². The zero-order valence-corrected chi connectivity index (χ0v) is 19.0. The lowest BCUT2D eigenvalue weighted by Gasteiger charge is -2.32. The second kappa shape index (κ2) is 9.56. The number of aryl methyl sites for hydroxylation is 1. The van der Waals surface area contributed by atoms with Crippen molar-refractivity contribution in [3.63, 3.8) is 0 Å². The lowest BCUT2D eigenvalue weighted by Crippen LogP contribution is -2.41. The van der Waals surface area contributed by atoms with E-state index in [2.05, 4.69) is 20.7 Å². The summed E-state index contributed by atoms with van der Waals surface area (Å²) in [6, 6.07) is 7.56. The molecule has 32 heavy (non-hydrogen) atoms. The molecular formula is C23H27ClN6O2. The van der Waals surface area contributed by atoms with Gasteiger partial charge in [0.2, 0.25) is 5.91 Å². The molecule has 1 aliphatic rings. The molecule has 3 aromatic rings. The van der Waals surface area contributed by atoms with E-state index in [0.717, 1.165) is 35.1 Å². The number of piperidine rings is 1. The van der Waals surface area contributed by atoms with Crippen LogP contribution in [0.25, 0.3) is 11.0 Å². The average Bonchev–Trinajstić information content (AvgIpc) is 3.22. The minimum absolute atomic E-state index is 0.0973. The molecule has 9 heteroatoms. The van der Waals surface area contributed by atoms with Gasteiger partial charge in [0.1, 0.15) is 0 Å². The van der Waals surface area contributed by atoms with E-state index in [4.69, 9.17) is 11.6 Å². The summed E-state index contributed by atoms with van der Waals surface area (Å²) in [6.07, 6.45) is 4.99. The molecule has 0 spiro atoms. The van der Waals surface area contributed by atoms with Crippen LogP contribution in [0.2, 0.25) is 5.02 Å². The van der Waals surface area contributed by atoms with Crippen molar-refractivity contribution in [1.29, 1.82) is 0 Å². The van der Waals surface area contributed by atoms with Crippen LogP contribution < -0.4 is 10.6 Å². The first-order valence-electron chi connectivity index (χ1n) is 10.9. The number of anilines is 1. The number of hydrogen-bond acceptors (Lipinski definition) is 5. The quantitative estimate of drug-likeness (QED) is 0.595. The number of amides is 2. The Balaban J connectivity index is 1.58. The van der Waals surface area contributed by atoms with Crippen molar-refractivity contribution in [3.8, 4) is 0 Å². The van der Waals surface area contributed by atoms with E-state index >= 15 is 0 Å². The third-order valence-corrected chi connectivity index (χ3v) is 6.08. The molecule has 0 radical (unpaired) electrons. The van der Waals surface area contributed by atoms with Crippen molar-refractivity contribution in [1.82, 2.24) is 25.0 Å². The molecule has 2 N–H and O–H groups in total. The van der Waals surface area contributed by atoms with Gasteiger partial charge in [0.15, 0.2) is 5.65 Å². The molecule has 4 rings (SSSR count). The van der Waals surface area contributed by atoms with Crippen molar-refractivity contribution in [2.45, 2.75) is 45.8 Å². The maximum Gasteiger partial charge on any atom is 0.255 e. The van der Waals surface area contributed by atoms with Crippen molar-refractivity contribution in [2.75, 3.05) is 18.4 Å². The Morgan fingerprint density at radius 3 is 2.69 bits per heavy atom. The molecule has 0 bridgehead atoms. The molecule has 168 valence electrons. The van der Waals surface area contributed by atoms with Gasteiger partial charge in [-0.25, -0.2) is 9.67 Å². The Bertz CT molecular complexity index is 1140. The zero-order valence-electron chi connectivity index (χ0n) is 18.3. The van der Waals surface area contributed by atoms with Crippen LogP contribution >= 0.6 is 11.6 Å². The van der Waals surface area contributed by atoms with Crippen molar-refractivity contribution in [3.05, 3.63) is 52.8 Å². The lowest BCUT2D eigenvalue weighted by atomic mass is 10.0. The van der Waals surface area contributed by atoms with Gasteiger partial charge in [0.05, 0.1) is 22.8 Å². The highest BCUT2D eigenvalue weighted by Gasteiger charge is 2.24. The summed E-state index contributed by atoms with van der Waals surface area (Å²) in [5, 5.41) is 12.4. The molecule has 1 aromatic carbocycles. The number of nitrogens with one attached hydrogen (secondary N) is 2. The van der Waals surface area contributed by atoms with Gasteiger partial charge in [-0.15, -0.1) is 0 Å². The summed E-state index contributed by atoms with van der Waals surface area (Å²) >= 11 is 6.06. The highest BCUT2D eigenvalue weighted by molar-refractivity contribution is 6.30. The first-order valence-corrected chi connectivity index (χ1v) is 11.2. The van der Waals surface area contributed by atoms with E-state index in [1.807, 2.05) is 34.7 Å². The van der Waals surface area contributed by atoms with Gasteiger partial charge in [-0.3, -0.25) is 9.59 Å². The van der Waals surface area contributed by atoms with Crippen LogP contribution in [0.15, 0.2) is 36.7 Å². The van der Waals surface area contributed by atoms with Crippen LogP contribution in [0.4, 0.5) is 5.69 Å². The predicted octanol–water partition coefficient (Wildman–Crippen LogP) is 3.46. The fourth-order valence-corrected chi connectivity index (χ4v) is 4.27. The number of carbonyl (C=O) groups is 2. The van der Waals surface area contributed by atoms with E-state index in [9.17, 15) is 9.59 Å². The molecule has 1 fully saturated rings. The van der Waals surface area contributed by atoms with Crippen molar-refractivity contribution in [2.24, 2.45) is 0 Å². The molecule has 8 nitrogen and oxygen atoms in total. The number of hydrogen-bond donors (Lipinski definition) is 2. The largest absolute Gasteiger partial charge is 0.381 e. The summed E-state index contributed by atoms with van der Waals surface area (Å²) in [4.78, 5) is 31.1. The molecule has 2 amide bonds. The van der Waals surface area contributed by atoms with Gasteiger partial charge in [0.25, 0.3) is 5.91 Å². The zero-order chi connectivity index (χ0) is 22.7. The Hall–Kier alpha value is -3.13. The number of rotatable bonds is 6. The van der Waals surface area contributed by atoms with Crippen LogP contribution in [0.3, 0.4) is 0 Å². The first kappa shape index (κ1) is 22.1. The van der Waals surface area contributed by atoms with Crippen LogP contribution in [-0.2, 0) is 17.9 Å². The Morgan fingerprint density at radius 2 is 2.00 bits per heavy atom. The Labute approximate surface area is 191 Å². The lowest BCUT2D eigenvalue weighted by molar-refractivity contribution is -0.129. The van der Waals surface area contributed by atoms with Crippen LogP contribution in [-0.4, -0.2) is 50.6 Å². The SMILES string of the molecule is CCn1ncc2c(NC3CCN(C(C)=O)CC3)c(C(=O)NCc3cccc(Cl)c3)cnc21. The van der Waals surface area contributed by atoms with Gasteiger partial charge in [-0.2, -0.15) is 5.10 Å². The number of fused-ring (bicyclic) bond motifs is 1. The Morgan fingerprint density at radius 1 is 1.22 bits per heavy atom. The summed E-state index contributed by atoms with van der Waals surface area (Å²) in [6.45, 7) is 6.05. The molecule has 0 unspecified atom stereocenters. The second-order valence-corrected chi connectivity index (χ2v) is 8.42. The number of benzene rings is 1. The second-order valence-electron chi connectivity index (χ2n) is 7.98. The number of pyridine rings is 1. The fraction of sp³-hybridized carbons (Fsp3) is 0.391. The standard InChI is InChI=1S/C23H27ClN6O2/c1-3-30-22-19(14-27-30)21(28-18-7-9-29(10-8-18)15(2)31)20(13-25-22)23(32)26-12-16-5-4-6-17(24)11-16/h4-6,11,13-14,18H,3,7-10,12H2,1-2H3,(H,25,28)(H,26,32). The summed E-state index contributed by atoms with van der Waals surface area (Å²) in [5.74, 6) is -0.118. The summed E-state index contributed by atoms with van der Waals surface area (Å²) in [7, 11) is 0. The maximum absolute atomic E-state index is 13.1. The number of nitrogens with zero attached hydrogens (tertiary/aromatic N) is 4. The minimum atomic E-state index is -0.215. The van der Waals surface area contributed by atoms with E-state index in [-0.39, 0.29) is 17.9 Å². The summed E-state index contributed by atoms with van der Waals surface area (Å²) < 4.78 is 1.81. The van der Waals surface area contributed by atoms with E-state index in [1.54, 1.807) is 25.4 Å². The molecule has 2 aromatic heterocycles. The van der Waals surface area contributed by atoms with E-state index < -0.39 is 0 Å². The fourth-order valence-electron chi connectivity index (χ4n) is 4.05. The highest BCUT2D eigenvalue weighted by Crippen LogP contribution is 2.28. The number of likely N-dealkylation sites (tertiary alicyclic amines) is 1. The number of carbonyl (C=O) groups excluding carboxylic acids is 2. The molecule has 0 atom stereocenters. The maximum atomic E-state index is 13.1. The number of halogens is 1. The molecule has 3 heterocycles. The number of aromatic nitrogens is 3. The van der Waals surface area contributed by atoms with E-state index in [1.165, 1.54) is 0 Å². The Kier molecular flexibility index (Phi) is 6.60. The third-order valence-electron chi connectivity index (χ3n) is 5.84. The smallest absolute Gasteiger partial charge is 0.255 e.